The van der Waals surface area contributed by atoms with Crippen LogP contribution >= 0.6 is 11.6 Å². The van der Waals surface area contributed by atoms with Crippen LogP contribution < -0.4 is 5.32 Å². The van der Waals surface area contributed by atoms with Crippen molar-refractivity contribution in [3.63, 3.8) is 0 Å². The zero-order valence-electron chi connectivity index (χ0n) is 8.46. The molecule has 14 heavy (non-hydrogen) atoms. The maximum Gasteiger partial charge on any atom is 0.0814 e. The Labute approximate surface area is 89.4 Å². The van der Waals surface area contributed by atoms with Gasteiger partial charge in [-0.25, -0.2) is 0 Å². The summed E-state index contributed by atoms with van der Waals surface area (Å²) in [7, 11) is 0. The van der Waals surface area contributed by atoms with E-state index < -0.39 is 0 Å². The summed E-state index contributed by atoms with van der Waals surface area (Å²) in [6, 6.07) is 0. The van der Waals surface area contributed by atoms with E-state index in [0.29, 0.717) is 0 Å². The molecule has 0 amide bonds. The first kappa shape index (κ1) is 9.99. The number of rotatable bonds is 5. The van der Waals surface area contributed by atoms with Gasteiger partial charge in [-0.1, -0.05) is 11.6 Å². The first-order chi connectivity index (χ1) is 6.75. The molecule has 2 rings (SSSR count). The van der Waals surface area contributed by atoms with Crippen LogP contribution in [-0.2, 0) is 6.54 Å². The molecular weight excluding hydrogens is 198 g/mol. The summed E-state index contributed by atoms with van der Waals surface area (Å²) in [6.07, 6.45) is 4.69. The van der Waals surface area contributed by atoms with Crippen LogP contribution in [0.15, 0.2) is 6.20 Å². The number of hydrogen-bond donors (Lipinski definition) is 1. The summed E-state index contributed by atoms with van der Waals surface area (Å²) in [5.74, 6) is 0.943. The fraction of sp³-hybridized carbons (Fsp3) is 0.700. The lowest BCUT2D eigenvalue weighted by atomic mass is 10.4. The van der Waals surface area contributed by atoms with Gasteiger partial charge in [-0.3, -0.25) is 4.68 Å². The van der Waals surface area contributed by atoms with E-state index >= 15 is 0 Å². The Balaban J connectivity index is 1.68. The molecule has 0 atom stereocenters. The molecule has 0 aliphatic heterocycles. The Morgan fingerprint density at radius 1 is 1.64 bits per heavy atom. The highest BCUT2D eigenvalue weighted by molar-refractivity contribution is 6.31. The van der Waals surface area contributed by atoms with Crippen molar-refractivity contribution in [2.75, 3.05) is 13.1 Å². The molecular formula is C10H16ClN3. The summed E-state index contributed by atoms with van der Waals surface area (Å²) >= 11 is 5.90. The standard InChI is InChI=1S/C10H16ClN3/c1-8-10(11)7-14(13-8)5-4-12-6-9-2-3-9/h7,9,12H,2-6H2,1H3. The molecule has 0 saturated heterocycles. The number of hydrogen-bond acceptors (Lipinski definition) is 2. The van der Waals surface area contributed by atoms with Crippen molar-refractivity contribution < 1.29 is 0 Å². The van der Waals surface area contributed by atoms with Crippen LogP contribution in [0, 0.1) is 12.8 Å². The van der Waals surface area contributed by atoms with Gasteiger partial charge in [-0.2, -0.15) is 5.10 Å². The van der Waals surface area contributed by atoms with Crippen molar-refractivity contribution in [1.29, 1.82) is 0 Å². The molecule has 78 valence electrons. The van der Waals surface area contributed by atoms with Gasteiger partial charge in [0.05, 0.1) is 17.3 Å². The van der Waals surface area contributed by atoms with E-state index in [-0.39, 0.29) is 0 Å². The Morgan fingerprint density at radius 2 is 2.43 bits per heavy atom. The number of nitrogens with one attached hydrogen (secondary N) is 1. The predicted molar refractivity (Wildman–Crippen MR) is 57.6 cm³/mol. The van der Waals surface area contributed by atoms with Gasteiger partial charge >= 0.3 is 0 Å². The third-order valence-corrected chi connectivity index (χ3v) is 2.91. The Kier molecular flexibility index (Phi) is 3.08. The fourth-order valence-electron chi connectivity index (χ4n) is 1.43. The number of aromatic nitrogens is 2. The van der Waals surface area contributed by atoms with E-state index in [0.717, 1.165) is 36.3 Å². The van der Waals surface area contributed by atoms with E-state index in [4.69, 9.17) is 11.6 Å². The highest BCUT2D eigenvalue weighted by atomic mass is 35.5. The normalized spacial score (nSPS) is 16.1. The molecule has 4 heteroatoms. The van der Waals surface area contributed by atoms with Crippen molar-refractivity contribution >= 4 is 11.6 Å². The van der Waals surface area contributed by atoms with Crippen molar-refractivity contribution in [2.24, 2.45) is 5.92 Å². The summed E-state index contributed by atoms with van der Waals surface area (Å²) in [5, 5.41) is 8.46. The molecule has 1 heterocycles. The van der Waals surface area contributed by atoms with Crippen LogP contribution in [0.5, 0.6) is 0 Å². The maximum atomic E-state index is 5.90. The minimum Gasteiger partial charge on any atom is -0.315 e. The third-order valence-electron chi connectivity index (χ3n) is 2.53. The number of nitrogens with zero attached hydrogens (tertiary/aromatic N) is 2. The monoisotopic (exact) mass is 213 g/mol. The van der Waals surface area contributed by atoms with Crippen LogP contribution in [-0.4, -0.2) is 22.9 Å². The highest BCUT2D eigenvalue weighted by Crippen LogP contribution is 2.27. The fourth-order valence-corrected chi connectivity index (χ4v) is 1.58. The van der Waals surface area contributed by atoms with Crippen LogP contribution in [0.1, 0.15) is 18.5 Å². The van der Waals surface area contributed by atoms with Crippen LogP contribution in [0.25, 0.3) is 0 Å². The van der Waals surface area contributed by atoms with Crippen molar-refractivity contribution in [3.05, 3.63) is 16.9 Å². The molecule has 1 aromatic heterocycles. The summed E-state index contributed by atoms with van der Waals surface area (Å²) in [5.41, 5.74) is 0.911. The topological polar surface area (TPSA) is 29.9 Å². The smallest absolute Gasteiger partial charge is 0.0814 e. The van der Waals surface area contributed by atoms with E-state index in [1.54, 1.807) is 0 Å². The van der Waals surface area contributed by atoms with Crippen molar-refractivity contribution in [3.8, 4) is 0 Å². The molecule has 1 aliphatic rings. The summed E-state index contributed by atoms with van der Waals surface area (Å²) < 4.78 is 1.90. The summed E-state index contributed by atoms with van der Waals surface area (Å²) in [6.45, 7) is 4.97. The summed E-state index contributed by atoms with van der Waals surface area (Å²) in [4.78, 5) is 0. The van der Waals surface area contributed by atoms with Gasteiger partial charge in [-0.05, 0) is 32.2 Å². The highest BCUT2D eigenvalue weighted by Gasteiger charge is 2.19. The molecule has 1 saturated carbocycles. The van der Waals surface area contributed by atoms with E-state index in [1.807, 2.05) is 17.8 Å². The minimum absolute atomic E-state index is 0.757. The molecule has 3 nitrogen and oxygen atoms in total. The van der Waals surface area contributed by atoms with Crippen molar-refractivity contribution in [2.45, 2.75) is 26.3 Å². The largest absolute Gasteiger partial charge is 0.315 e. The van der Waals surface area contributed by atoms with Crippen LogP contribution in [0.4, 0.5) is 0 Å². The van der Waals surface area contributed by atoms with Crippen LogP contribution in [0.2, 0.25) is 5.02 Å². The third kappa shape index (κ3) is 2.72. The average molecular weight is 214 g/mol. The molecule has 0 spiro atoms. The van der Waals surface area contributed by atoms with Gasteiger partial charge in [-0.15, -0.1) is 0 Å². The predicted octanol–water partition coefficient (Wildman–Crippen LogP) is 1.84. The van der Waals surface area contributed by atoms with Gasteiger partial charge in [0.2, 0.25) is 0 Å². The van der Waals surface area contributed by atoms with Gasteiger partial charge in [0, 0.05) is 12.7 Å². The van der Waals surface area contributed by atoms with Gasteiger partial charge in [0.15, 0.2) is 0 Å². The van der Waals surface area contributed by atoms with Gasteiger partial charge in [0.1, 0.15) is 0 Å². The van der Waals surface area contributed by atoms with Crippen molar-refractivity contribution in [1.82, 2.24) is 15.1 Å². The van der Waals surface area contributed by atoms with E-state index in [9.17, 15) is 0 Å². The van der Waals surface area contributed by atoms with Gasteiger partial charge in [0.25, 0.3) is 0 Å². The maximum absolute atomic E-state index is 5.90. The van der Waals surface area contributed by atoms with Crippen LogP contribution in [0.3, 0.4) is 0 Å². The molecule has 1 fully saturated rings. The minimum atomic E-state index is 0.757. The lowest BCUT2D eigenvalue weighted by Crippen LogP contribution is -2.22. The molecule has 0 bridgehead atoms. The second kappa shape index (κ2) is 4.32. The molecule has 0 unspecified atom stereocenters. The quantitative estimate of drug-likeness (QED) is 0.757. The second-order valence-corrected chi connectivity index (χ2v) is 4.38. The molecule has 0 radical (unpaired) electrons. The van der Waals surface area contributed by atoms with E-state index in [2.05, 4.69) is 10.4 Å². The lowest BCUT2D eigenvalue weighted by Gasteiger charge is -2.03. The SMILES string of the molecule is Cc1nn(CCNCC2CC2)cc1Cl. The zero-order chi connectivity index (χ0) is 9.97. The van der Waals surface area contributed by atoms with Gasteiger partial charge < -0.3 is 5.32 Å². The molecule has 1 aromatic rings. The lowest BCUT2D eigenvalue weighted by molar-refractivity contribution is 0.540. The molecule has 1 aliphatic carbocycles. The Hall–Kier alpha value is -0.540. The van der Waals surface area contributed by atoms with E-state index in [1.165, 1.54) is 12.8 Å². The number of halogens is 1. The average Bonchev–Trinajstić information content (AvgIpc) is 2.90. The number of aryl methyl sites for hydroxylation is 1. The Morgan fingerprint density at radius 3 is 3.00 bits per heavy atom. The second-order valence-electron chi connectivity index (χ2n) is 3.97. The Bertz CT molecular complexity index is 285. The molecule has 1 N–H and O–H groups in total. The first-order valence-electron chi connectivity index (χ1n) is 5.16. The molecule has 0 aromatic carbocycles. The first-order valence-corrected chi connectivity index (χ1v) is 5.54. The zero-order valence-corrected chi connectivity index (χ0v) is 9.22.